The molecule has 0 aromatic carbocycles. The molecule has 0 aromatic heterocycles. The molecular formula is C13H27NO5S3. The van der Waals surface area contributed by atoms with Gasteiger partial charge in [-0.15, -0.1) is 0 Å². The zero-order valence-corrected chi connectivity index (χ0v) is 16.0. The van der Waals surface area contributed by atoms with Crippen molar-refractivity contribution in [3.05, 3.63) is 0 Å². The molecule has 9 heteroatoms. The third-order valence-electron chi connectivity index (χ3n) is 2.40. The summed E-state index contributed by atoms with van der Waals surface area (Å²) in [5, 5.41) is 3.58. The fourth-order valence-electron chi connectivity index (χ4n) is 1.43. The van der Waals surface area contributed by atoms with Crippen LogP contribution >= 0.6 is 21.6 Å². The van der Waals surface area contributed by atoms with Gasteiger partial charge in [-0.2, -0.15) is 8.42 Å². The first kappa shape index (κ1) is 22.0. The summed E-state index contributed by atoms with van der Waals surface area (Å²) in [7, 11) is -1.27. The molecule has 0 aliphatic heterocycles. The summed E-state index contributed by atoms with van der Waals surface area (Å²) in [6.07, 6.45) is 0.770. The standard InChI is InChI=1S/C13H27NO5S3/c1-10(2)14-8-5-6-12(15)19-13(22(16,17)18)7-9-20-21-11(3)4/h10-11,13-14H,5-9H2,1-4H3,(H,16,17,18). The van der Waals surface area contributed by atoms with Crippen molar-refractivity contribution in [2.45, 2.75) is 63.7 Å². The lowest BCUT2D eigenvalue weighted by atomic mass is 10.3. The zero-order chi connectivity index (χ0) is 17.2. The van der Waals surface area contributed by atoms with E-state index in [4.69, 9.17) is 9.29 Å². The normalized spacial score (nSPS) is 13.6. The second kappa shape index (κ2) is 11.6. The van der Waals surface area contributed by atoms with Crippen molar-refractivity contribution in [1.82, 2.24) is 5.32 Å². The van der Waals surface area contributed by atoms with Crippen LogP contribution in [0.25, 0.3) is 0 Å². The Balaban J connectivity index is 4.16. The van der Waals surface area contributed by atoms with Crippen molar-refractivity contribution >= 4 is 37.7 Å². The van der Waals surface area contributed by atoms with Crippen molar-refractivity contribution in [1.29, 1.82) is 0 Å². The summed E-state index contributed by atoms with van der Waals surface area (Å²) in [5.74, 6) is -0.121. The molecule has 1 unspecified atom stereocenters. The lowest BCUT2D eigenvalue weighted by Gasteiger charge is -2.15. The average molecular weight is 374 g/mol. The van der Waals surface area contributed by atoms with E-state index in [-0.39, 0.29) is 12.8 Å². The molecule has 0 bridgehead atoms. The Kier molecular flexibility index (Phi) is 11.6. The molecule has 6 nitrogen and oxygen atoms in total. The summed E-state index contributed by atoms with van der Waals surface area (Å²) in [6, 6.07) is 0.331. The number of esters is 1. The van der Waals surface area contributed by atoms with Crippen LogP contribution in [0.15, 0.2) is 0 Å². The van der Waals surface area contributed by atoms with Crippen molar-refractivity contribution < 1.29 is 22.5 Å². The minimum Gasteiger partial charge on any atom is -0.443 e. The van der Waals surface area contributed by atoms with Gasteiger partial charge in [0, 0.05) is 29.9 Å². The van der Waals surface area contributed by atoms with Crippen LogP contribution in [0.4, 0.5) is 0 Å². The number of rotatable bonds is 12. The van der Waals surface area contributed by atoms with Crippen LogP contribution in [0.5, 0.6) is 0 Å². The molecule has 22 heavy (non-hydrogen) atoms. The van der Waals surface area contributed by atoms with E-state index in [1.165, 1.54) is 10.8 Å². The maximum absolute atomic E-state index is 11.6. The average Bonchev–Trinajstić information content (AvgIpc) is 2.36. The molecule has 0 spiro atoms. The van der Waals surface area contributed by atoms with E-state index >= 15 is 0 Å². The van der Waals surface area contributed by atoms with E-state index in [1.807, 2.05) is 27.7 Å². The van der Waals surface area contributed by atoms with Gasteiger partial charge in [-0.1, -0.05) is 49.3 Å². The SMILES string of the molecule is CC(C)NCCCC(=O)OC(CCSSC(C)C)S(=O)(=O)O. The number of ether oxygens (including phenoxy) is 1. The van der Waals surface area contributed by atoms with Gasteiger partial charge in [0.25, 0.3) is 0 Å². The number of carbonyl (C=O) groups is 1. The molecule has 0 saturated carbocycles. The quantitative estimate of drug-likeness (QED) is 0.233. The van der Waals surface area contributed by atoms with Gasteiger partial charge in [0.05, 0.1) is 0 Å². The van der Waals surface area contributed by atoms with E-state index in [0.29, 0.717) is 30.0 Å². The highest BCUT2D eigenvalue weighted by molar-refractivity contribution is 8.76. The number of hydrogen-bond acceptors (Lipinski definition) is 7. The van der Waals surface area contributed by atoms with Gasteiger partial charge in [-0.3, -0.25) is 9.35 Å². The minimum atomic E-state index is -4.39. The Morgan fingerprint density at radius 2 is 1.91 bits per heavy atom. The fourth-order valence-corrected chi connectivity index (χ4v) is 4.29. The van der Waals surface area contributed by atoms with E-state index in [9.17, 15) is 13.2 Å². The number of nitrogens with one attached hydrogen (secondary N) is 1. The minimum absolute atomic E-state index is 0.0825. The molecule has 132 valence electrons. The predicted molar refractivity (Wildman–Crippen MR) is 93.6 cm³/mol. The summed E-state index contributed by atoms with van der Waals surface area (Å²) >= 11 is 0. The van der Waals surface area contributed by atoms with E-state index in [0.717, 1.165) is 0 Å². The van der Waals surface area contributed by atoms with Crippen LogP contribution in [0.2, 0.25) is 0 Å². The molecule has 0 aliphatic rings. The second-order valence-corrected chi connectivity index (χ2v) is 10.0. The molecule has 0 fully saturated rings. The molecule has 0 aliphatic carbocycles. The molecule has 0 heterocycles. The largest absolute Gasteiger partial charge is 0.443 e. The molecule has 1 atom stereocenters. The third kappa shape index (κ3) is 12.6. The maximum atomic E-state index is 11.6. The van der Waals surface area contributed by atoms with Crippen molar-refractivity contribution in [3.8, 4) is 0 Å². The Morgan fingerprint density at radius 1 is 1.27 bits per heavy atom. The highest BCUT2D eigenvalue weighted by atomic mass is 33.1. The molecule has 0 saturated heterocycles. The van der Waals surface area contributed by atoms with Crippen molar-refractivity contribution in [2.24, 2.45) is 0 Å². The molecule has 0 amide bonds. The third-order valence-corrected chi connectivity index (χ3v) is 6.39. The highest BCUT2D eigenvalue weighted by Gasteiger charge is 2.26. The van der Waals surface area contributed by atoms with Crippen LogP contribution in [0.1, 0.15) is 47.0 Å². The molecular weight excluding hydrogens is 346 g/mol. The second-order valence-electron chi connectivity index (χ2n) is 5.40. The van der Waals surface area contributed by atoms with Gasteiger partial charge in [-0.25, -0.2) is 0 Å². The van der Waals surface area contributed by atoms with Crippen LogP contribution in [-0.2, 0) is 19.6 Å². The van der Waals surface area contributed by atoms with Gasteiger partial charge >= 0.3 is 16.1 Å². The van der Waals surface area contributed by atoms with E-state index in [2.05, 4.69) is 5.32 Å². The fraction of sp³-hybridized carbons (Fsp3) is 0.923. The summed E-state index contributed by atoms with van der Waals surface area (Å²) < 4.78 is 36.6. The van der Waals surface area contributed by atoms with Gasteiger partial charge in [0.1, 0.15) is 0 Å². The van der Waals surface area contributed by atoms with E-state index < -0.39 is 21.5 Å². The lowest BCUT2D eigenvalue weighted by Crippen LogP contribution is -2.28. The first-order valence-electron chi connectivity index (χ1n) is 7.30. The molecule has 0 radical (unpaired) electrons. The number of carbonyl (C=O) groups excluding carboxylic acids is 1. The Hall–Kier alpha value is 0.0400. The van der Waals surface area contributed by atoms with Gasteiger partial charge in [-0.05, 0) is 13.0 Å². The zero-order valence-electron chi connectivity index (χ0n) is 13.6. The van der Waals surface area contributed by atoms with E-state index in [1.54, 1.807) is 10.8 Å². The Morgan fingerprint density at radius 3 is 2.41 bits per heavy atom. The first-order chi connectivity index (χ1) is 10.1. The van der Waals surface area contributed by atoms with Crippen molar-refractivity contribution in [2.75, 3.05) is 12.3 Å². The smallest absolute Gasteiger partial charge is 0.307 e. The molecule has 0 rings (SSSR count). The molecule has 2 N–H and O–H groups in total. The Labute approximate surface area is 141 Å². The monoisotopic (exact) mass is 373 g/mol. The van der Waals surface area contributed by atoms with Crippen LogP contribution in [0.3, 0.4) is 0 Å². The first-order valence-corrected chi connectivity index (χ1v) is 11.2. The Bertz CT molecular complexity index is 412. The van der Waals surface area contributed by atoms with Gasteiger partial charge in [0.2, 0.25) is 5.44 Å². The predicted octanol–water partition coefficient (Wildman–Crippen LogP) is 2.70. The topological polar surface area (TPSA) is 92.7 Å². The van der Waals surface area contributed by atoms with Gasteiger partial charge < -0.3 is 10.1 Å². The summed E-state index contributed by atoms with van der Waals surface area (Å²) in [6.45, 7) is 8.72. The lowest BCUT2D eigenvalue weighted by molar-refractivity contribution is -0.145. The summed E-state index contributed by atoms with van der Waals surface area (Å²) in [5.41, 5.74) is -1.47. The van der Waals surface area contributed by atoms with Gasteiger partial charge in [0.15, 0.2) is 0 Å². The van der Waals surface area contributed by atoms with Crippen LogP contribution < -0.4 is 5.32 Å². The van der Waals surface area contributed by atoms with Crippen molar-refractivity contribution in [3.63, 3.8) is 0 Å². The number of hydrogen-bond donors (Lipinski definition) is 2. The van der Waals surface area contributed by atoms with Crippen LogP contribution in [0, 0.1) is 0 Å². The maximum Gasteiger partial charge on any atom is 0.307 e. The molecule has 0 aromatic rings. The highest BCUT2D eigenvalue weighted by Crippen LogP contribution is 2.27. The van der Waals surface area contributed by atoms with Crippen LogP contribution in [-0.4, -0.2) is 48.0 Å². The summed E-state index contributed by atoms with van der Waals surface area (Å²) in [4.78, 5) is 11.6.